The number of halogens is 3. The quantitative estimate of drug-likeness (QED) is 0.624. The summed E-state index contributed by atoms with van der Waals surface area (Å²) in [7, 11) is 1.20. The molecule has 0 fully saturated rings. The highest BCUT2D eigenvalue weighted by atomic mass is 35.5. The van der Waals surface area contributed by atoms with Gasteiger partial charge in [0.05, 0.1) is 30.7 Å². The zero-order valence-electron chi connectivity index (χ0n) is 9.41. The molecule has 0 radical (unpaired) electrons. The lowest BCUT2D eigenvalue weighted by Crippen LogP contribution is -2.10. The van der Waals surface area contributed by atoms with Crippen LogP contribution in [0.5, 0.6) is 0 Å². The van der Waals surface area contributed by atoms with E-state index in [4.69, 9.17) is 16.9 Å². The van der Waals surface area contributed by atoms with E-state index >= 15 is 0 Å². The third-order valence-corrected chi connectivity index (χ3v) is 2.49. The zero-order chi connectivity index (χ0) is 13.7. The van der Waals surface area contributed by atoms with Crippen LogP contribution in [0.4, 0.5) is 8.78 Å². The summed E-state index contributed by atoms with van der Waals surface area (Å²) >= 11 is 5.59. The second kappa shape index (κ2) is 6.26. The average molecular weight is 275 g/mol. The molecule has 0 amide bonds. The maximum absolute atomic E-state index is 12.6. The van der Waals surface area contributed by atoms with E-state index in [2.05, 4.69) is 9.72 Å². The molecule has 0 aromatic carbocycles. The summed E-state index contributed by atoms with van der Waals surface area (Å²) in [5, 5.41) is 8.77. The number of ether oxygens (including phenoxy) is 1. The minimum Gasteiger partial charge on any atom is -0.469 e. The number of hydrogen-bond acceptors (Lipinski definition) is 4. The summed E-state index contributed by atoms with van der Waals surface area (Å²) in [6.07, 6.45) is -3.03. The smallest absolute Gasteiger partial charge is 0.310 e. The van der Waals surface area contributed by atoms with Gasteiger partial charge in [-0.2, -0.15) is 5.26 Å². The molecule has 1 heterocycles. The van der Waals surface area contributed by atoms with Crippen LogP contribution in [0.25, 0.3) is 0 Å². The predicted molar refractivity (Wildman–Crippen MR) is 59.2 cm³/mol. The Kier molecular flexibility index (Phi) is 4.98. The fourth-order valence-electron chi connectivity index (χ4n) is 1.36. The van der Waals surface area contributed by atoms with E-state index in [0.717, 1.165) is 0 Å². The molecule has 0 N–H and O–H groups in total. The Morgan fingerprint density at radius 1 is 1.67 bits per heavy atom. The van der Waals surface area contributed by atoms with Gasteiger partial charge in [-0.25, -0.2) is 13.8 Å². The first-order chi connectivity index (χ1) is 8.53. The molecule has 96 valence electrons. The normalized spacial score (nSPS) is 10.2. The maximum Gasteiger partial charge on any atom is 0.310 e. The summed E-state index contributed by atoms with van der Waals surface area (Å²) in [4.78, 5) is 14.8. The molecule has 0 aliphatic carbocycles. The summed E-state index contributed by atoms with van der Waals surface area (Å²) < 4.78 is 29.7. The SMILES string of the molecule is COC(=O)Cc1cc(C#N)c(C(F)F)nc1CCl. The van der Waals surface area contributed by atoms with Crippen LogP contribution < -0.4 is 0 Å². The van der Waals surface area contributed by atoms with Gasteiger partial charge in [-0.05, 0) is 11.6 Å². The predicted octanol–water partition coefficient (Wildman–Crippen LogP) is 2.35. The van der Waals surface area contributed by atoms with Gasteiger partial charge < -0.3 is 4.74 Å². The molecule has 0 saturated heterocycles. The van der Waals surface area contributed by atoms with E-state index in [1.54, 1.807) is 6.07 Å². The molecule has 1 rings (SSSR count). The molecule has 0 bridgehead atoms. The van der Waals surface area contributed by atoms with Crippen molar-refractivity contribution in [1.29, 1.82) is 5.26 Å². The van der Waals surface area contributed by atoms with Crippen molar-refractivity contribution < 1.29 is 18.3 Å². The highest BCUT2D eigenvalue weighted by Gasteiger charge is 2.19. The van der Waals surface area contributed by atoms with Gasteiger partial charge in [-0.15, -0.1) is 11.6 Å². The molecule has 0 atom stereocenters. The Labute approximate surface area is 107 Å². The second-order valence-corrected chi connectivity index (χ2v) is 3.59. The standard InChI is InChI=1S/C11H9ClF2N2O2/c1-18-9(17)3-6-2-7(5-15)10(11(13)14)16-8(6)4-12/h2,11H,3-4H2,1H3. The van der Waals surface area contributed by atoms with Crippen LogP contribution in [0.3, 0.4) is 0 Å². The first-order valence-corrected chi connectivity index (χ1v) is 5.40. The van der Waals surface area contributed by atoms with Crippen molar-refractivity contribution in [3.8, 4) is 6.07 Å². The van der Waals surface area contributed by atoms with Crippen LogP contribution in [0.2, 0.25) is 0 Å². The summed E-state index contributed by atoms with van der Waals surface area (Å²) in [6, 6.07) is 2.82. The monoisotopic (exact) mass is 274 g/mol. The van der Waals surface area contributed by atoms with Crippen molar-refractivity contribution in [2.45, 2.75) is 18.7 Å². The molecule has 1 aromatic heterocycles. The molecule has 0 saturated carbocycles. The van der Waals surface area contributed by atoms with Crippen molar-refractivity contribution in [2.75, 3.05) is 7.11 Å². The lowest BCUT2D eigenvalue weighted by Gasteiger charge is -2.09. The van der Waals surface area contributed by atoms with Crippen LogP contribution in [0.15, 0.2) is 6.07 Å². The van der Waals surface area contributed by atoms with Gasteiger partial charge in [0.15, 0.2) is 0 Å². The van der Waals surface area contributed by atoms with Crippen LogP contribution >= 0.6 is 11.6 Å². The first kappa shape index (κ1) is 14.3. The number of hydrogen-bond donors (Lipinski definition) is 0. The van der Waals surface area contributed by atoms with Gasteiger partial charge in [0.2, 0.25) is 0 Å². The van der Waals surface area contributed by atoms with Crippen molar-refractivity contribution in [3.05, 3.63) is 28.6 Å². The fraction of sp³-hybridized carbons (Fsp3) is 0.364. The van der Waals surface area contributed by atoms with E-state index in [-0.39, 0.29) is 23.6 Å². The number of methoxy groups -OCH3 is 1. The molecule has 0 aliphatic rings. The Morgan fingerprint density at radius 2 is 2.33 bits per heavy atom. The molecular weight excluding hydrogens is 266 g/mol. The number of nitrogens with zero attached hydrogens (tertiary/aromatic N) is 2. The minimum atomic E-state index is -2.87. The molecule has 0 aliphatic heterocycles. The number of carbonyl (C=O) groups excluding carboxylic acids is 1. The molecule has 4 nitrogen and oxygen atoms in total. The first-order valence-electron chi connectivity index (χ1n) is 4.87. The van der Waals surface area contributed by atoms with Gasteiger partial charge in [0.1, 0.15) is 11.8 Å². The van der Waals surface area contributed by atoms with E-state index in [1.807, 2.05) is 0 Å². The highest BCUT2D eigenvalue weighted by Crippen LogP contribution is 2.24. The Hall–Kier alpha value is -1.74. The summed E-state index contributed by atoms with van der Waals surface area (Å²) in [5.41, 5.74) is -0.422. The molecule has 18 heavy (non-hydrogen) atoms. The number of rotatable bonds is 4. The Balaban J connectivity index is 3.27. The van der Waals surface area contributed by atoms with Crippen molar-refractivity contribution in [3.63, 3.8) is 0 Å². The van der Waals surface area contributed by atoms with Crippen molar-refractivity contribution >= 4 is 17.6 Å². The van der Waals surface area contributed by atoms with E-state index in [1.165, 1.54) is 13.2 Å². The van der Waals surface area contributed by atoms with E-state index < -0.39 is 18.1 Å². The van der Waals surface area contributed by atoms with E-state index in [0.29, 0.717) is 5.56 Å². The number of alkyl halides is 3. The number of carbonyl (C=O) groups is 1. The topological polar surface area (TPSA) is 63.0 Å². The van der Waals surface area contributed by atoms with Crippen LogP contribution in [0.1, 0.15) is 28.9 Å². The average Bonchev–Trinajstić information content (AvgIpc) is 2.37. The minimum absolute atomic E-state index is 0.127. The lowest BCUT2D eigenvalue weighted by atomic mass is 10.1. The van der Waals surface area contributed by atoms with E-state index in [9.17, 15) is 13.6 Å². The van der Waals surface area contributed by atoms with Crippen molar-refractivity contribution in [1.82, 2.24) is 4.98 Å². The largest absolute Gasteiger partial charge is 0.469 e. The molecule has 0 unspecified atom stereocenters. The Morgan fingerprint density at radius 3 is 2.78 bits per heavy atom. The van der Waals surface area contributed by atoms with Gasteiger partial charge >= 0.3 is 5.97 Å². The van der Waals surface area contributed by atoms with Gasteiger partial charge in [-0.1, -0.05) is 0 Å². The number of pyridine rings is 1. The molecular formula is C11H9ClF2N2O2. The summed E-state index contributed by atoms with van der Waals surface area (Å²) in [6.45, 7) is 0. The van der Waals surface area contributed by atoms with Crippen LogP contribution in [-0.2, 0) is 21.8 Å². The molecule has 0 spiro atoms. The van der Waals surface area contributed by atoms with Gasteiger partial charge in [0, 0.05) is 0 Å². The van der Waals surface area contributed by atoms with Gasteiger partial charge in [-0.3, -0.25) is 4.79 Å². The fourth-order valence-corrected chi connectivity index (χ4v) is 1.59. The maximum atomic E-state index is 12.6. The Bertz CT molecular complexity index is 501. The number of esters is 1. The van der Waals surface area contributed by atoms with Crippen LogP contribution in [-0.4, -0.2) is 18.1 Å². The van der Waals surface area contributed by atoms with Crippen LogP contribution in [0, 0.1) is 11.3 Å². The van der Waals surface area contributed by atoms with Gasteiger partial charge in [0.25, 0.3) is 6.43 Å². The summed E-state index contributed by atoms with van der Waals surface area (Å²) in [5.74, 6) is -0.686. The number of aromatic nitrogens is 1. The molecule has 7 heteroatoms. The third kappa shape index (κ3) is 3.14. The molecule has 1 aromatic rings. The second-order valence-electron chi connectivity index (χ2n) is 3.33. The third-order valence-electron chi connectivity index (χ3n) is 2.24. The zero-order valence-corrected chi connectivity index (χ0v) is 10.2. The number of nitriles is 1. The van der Waals surface area contributed by atoms with Crippen molar-refractivity contribution in [2.24, 2.45) is 0 Å². The highest BCUT2D eigenvalue weighted by molar-refractivity contribution is 6.17. The lowest BCUT2D eigenvalue weighted by molar-refractivity contribution is -0.139.